The number of fused-ring (bicyclic) bond motifs is 1. The molecule has 0 saturated heterocycles. The molecule has 3 heterocycles. The van der Waals surface area contributed by atoms with Gasteiger partial charge >= 0.3 is 0 Å². The Morgan fingerprint density at radius 2 is 1.88 bits per heavy atom. The molecule has 0 fully saturated rings. The maximum absolute atomic E-state index is 12.8. The summed E-state index contributed by atoms with van der Waals surface area (Å²) >= 11 is 0. The molecule has 126 valence electrons. The van der Waals surface area contributed by atoms with Gasteiger partial charge in [0.1, 0.15) is 5.82 Å². The van der Waals surface area contributed by atoms with Gasteiger partial charge in [-0.1, -0.05) is 30.3 Å². The SMILES string of the molecule is Cc1ncc(C(=O)N2CCn3c(nnc3-c3ccccc3)C2)c(C)n1. The van der Waals surface area contributed by atoms with Crippen molar-refractivity contribution in [3.05, 3.63) is 59.4 Å². The highest BCUT2D eigenvalue weighted by Gasteiger charge is 2.26. The fraction of sp³-hybridized carbons (Fsp3) is 0.278. The lowest BCUT2D eigenvalue weighted by Gasteiger charge is -2.28. The van der Waals surface area contributed by atoms with Crippen LogP contribution in [0.4, 0.5) is 0 Å². The van der Waals surface area contributed by atoms with Crippen LogP contribution in [0.1, 0.15) is 27.7 Å². The highest BCUT2D eigenvalue weighted by molar-refractivity contribution is 5.94. The Labute approximate surface area is 145 Å². The first-order valence-electron chi connectivity index (χ1n) is 8.20. The zero-order valence-corrected chi connectivity index (χ0v) is 14.2. The lowest BCUT2D eigenvalue weighted by atomic mass is 10.2. The summed E-state index contributed by atoms with van der Waals surface area (Å²) in [4.78, 5) is 23.0. The molecule has 4 rings (SSSR count). The van der Waals surface area contributed by atoms with Gasteiger partial charge in [0.2, 0.25) is 0 Å². The average molecular weight is 334 g/mol. The number of nitrogens with zero attached hydrogens (tertiary/aromatic N) is 6. The van der Waals surface area contributed by atoms with Gasteiger partial charge in [-0.05, 0) is 13.8 Å². The number of aromatic nitrogens is 5. The van der Waals surface area contributed by atoms with E-state index in [9.17, 15) is 4.79 Å². The number of rotatable bonds is 2. The number of benzene rings is 1. The summed E-state index contributed by atoms with van der Waals surface area (Å²) in [5.41, 5.74) is 2.28. The number of hydrogen-bond acceptors (Lipinski definition) is 5. The summed E-state index contributed by atoms with van der Waals surface area (Å²) in [5, 5.41) is 8.60. The molecule has 7 nitrogen and oxygen atoms in total. The molecular weight excluding hydrogens is 316 g/mol. The maximum Gasteiger partial charge on any atom is 0.257 e. The number of aryl methyl sites for hydroxylation is 2. The van der Waals surface area contributed by atoms with E-state index < -0.39 is 0 Å². The lowest BCUT2D eigenvalue weighted by molar-refractivity contribution is 0.0706. The minimum atomic E-state index is -0.0620. The molecule has 0 spiro atoms. The Kier molecular flexibility index (Phi) is 3.76. The highest BCUT2D eigenvalue weighted by atomic mass is 16.2. The van der Waals surface area contributed by atoms with E-state index in [1.165, 1.54) is 0 Å². The van der Waals surface area contributed by atoms with Gasteiger partial charge in [-0.2, -0.15) is 0 Å². The summed E-state index contributed by atoms with van der Waals surface area (Å²) in [6, 6.07) is 9.97. The van der Waals surface area contributed by atoms with Crippen molar-refractivity contribution in [2.75, 3.05) is 6.54 Å². The number of hydrogen-bond donors (Lipinski definition) is 0. The van der Waals surface area contributed by atoms with Crippen LogP contribution < -0.4 is 0 Å². The predicted molar refractivity (Wildman–Crippen MR) is 91.7 cm³/mol. The third-order valence-corrected chi connectivity index (χ3v) is 4.40. The summed E-state index contributed by atoms with van der Waals surface area (Å²) in [6.45, 7) is 5.37. The summed E-state index contributed by atoms with van der Waals surface area (Å²) in [7, 11) is 0. The molecule has 7 heteroatoms. The van der Waals surface area contributed by atoms with Crippen molar-refractivity contribution >= 4 is 5.91 Å². The molecule has 0 atom stereocenters. The Balaban J connectivity index is 1.60. The fourth-order valence-electron chi connectivity index (χ4n) is 3.10. The molecule has 1 amide bonds. The molecule has 3 aromatic rings. The second kappa shape index (κ2) is 6.08. The van der Waals surface area contributed by atoms with Gasteiger partial charge in [-0.15, -0.1) is 10.2 Å². The predicted octanol–water partition coefficient (Wildman–Crippen LogP) is 2.01. The van der Waals surface area contributed by atoms with Crippen LogP contribution in [-0.4, -0.2) is 42.1 Å². The number of amides is 1. The first-order valence-corrected chi connectivity index (χ1v) is 8.20. The summed E-state index contributed by atoms with van der Waals surface area (Å²) in [5.74, 6) is 2.25. The molecule has 25 heavy (non-hydrogen) atoms. The molecule has 0 N–H and O–H groups in total. The van der Waals surface area contributed by atoms with Crippen LogP contribution >= 0.6 is 0 Å². The van der Waals surface area contributed by atoms with Gasteiger partial charge in [0, 0.05) is 24.8 Å². The zero-order valence-electron chi connectivity index (χ0n) is 14.2. The van der Waals surface area contributed by atoms with E-state index in [-0.39, 0.29) is 5.91 Å². The van der Waals surface area contributed by atoms with Gasteiger partial charge < -0.3 is 9.47 Å². The van der Waals surface area contributed by atoms with Crippen LogP contribution in [0.15, 0.2) is 36.5 Å². The van der Waals surface area contributed by atoms with Crippen molar-refractivity contribution in [3.63, 3.8) is 0 Å². The van der Waals surface area contributed by atoms with Crippen LogP contribution in [-0.2, 0) is 13.1 Å². The number of carbonyl (C=O) groups is 1. The largest absolute Gasteiger partial charge is 0.329 e. The van der Waals surface area contributed by atoms with E-state index >= 15 is 0 Å². The van der Waals surface area contributed by atoms with Crippen molar-refractivity contribution in [2.24, 2.45) is 0 Å². The molecule has 0 saturated carbocycles. The van der Waals surface area contributed by atoms with Gasteiger partial charge in [-0.25, -0.2) is 9.97 Å². The van der Waals surface area contributed by atoms with E-state index in [4.69, 9.17) is 0 Å². The Morgan fingerprint density at radius 1 is 1.08 bits per heavy atom. The van der Waals surface area contributed by atoms with Crippen LogP contribution in [0.2, 0.25) is 0 Å². The minimum absolute atomic E-state index is 0.0620. The van der Waals surface area contributed by atoms with Crippen LogP contribution in [0, 0.1) is 13.8 Å². The van der Waals surface area contributed by atoms with Crippen molar-refractivity contribution in [2.45, 2.75) is 26.9 Å². The van der Waals surface area contributed by atoms with E-state index in [0.29, 0.717) is 36.7 Å². The summed E-state index contributed by atoms with van der Waals surface area (Å²) in [6.07, 6.45) is 1.61. The third-order valence-electron chi connectivity index (χ3n) is 4.40. The van der Waals surface area contributed by atoms with E-state index in [2.05, 4.69) is 24.7 Å². The van der Waals surface area contributed by atoms with Gasteiger partial charge in [0.25, 0.3) is 5.91 Å². The molecular formula is C18H18N6O. The van der Waals surface area contributed by atoms with Crippen LogP contribution in [0.25, 0.3) is 11.4 Å². The second-order valence-corrected chi connectivity index (χ2v) is 6.10. The monoisotopic (exact) mass is 334 g/mol. The molecule has 0 radical (unpaired) electrons. The van der Waals surface area contributed by atoms with E-state index in [1.807, 2.05) is 44.2 Å². The summed E-state index contributed by atoms with van der Waals surface area (Å²) < 4.78 is 2.08. The molecule has 2 aromatic heterocycles. The molecule has 1 aliphatic rings. The Morgan fingerprint density at radius 3 is 2.64 bits per heavy atom. The van der Waals surface area contributed by atoms with Crippen LogP contribution in [0.5, 0.6) is 0 Å². The van der Waals surface area contributed by atoms with Crippen molar-refractivity contribution in [1.29, 1.82) is 0 Å². The topological polar surface area (TPSA) is 76.8 Å². The highest BCUT2D eigenvalue weighted by Crippen LogP contribution is 2.22. The lowest BCUT2D eigenvalue weighted by Crippen LogP contribution is -2.39. The Hall–Kier alpha value is -3.09. The first kappa shape index (κ1) is 15.4. The van der Waals surface area contributed by atoms with Crippen LogP contribution in [0.3, 0.4) is 0 Å². The molecule has 0 bridgehead atoms. The standard InChI is InChI=1S/C18H18N6O/c1-12-15(10-19-13(2)20-12)18(25)23-8-9-24-16(11-23)21-22-17(24)14-6-4-3-5-7-14/h3-7,10H,8-9,11H2,1-2H3. The Bertz CT molecular complexity index is 934. The maximum atomic E-state index is 12.8. The normalized spacial score (nSPS) is 13.6. The van der Waals surface area contributed by atoms with E-state index in [0.717, 1.165) is 17.2 Å². The van der Waals surface area contributed by atoms with Crippen molar-refractivity contribution in [1.82, 2.24) is 29.6 Å². The second-order valence-electron chi connectivity index (χ2n) is 6.10. The fourth-order valence-corrected chi connectivity index (χ4v) is 3.10. The van der Waals surface area contributed by atoms with E-state index in [1.54, 1.807) is 11.1 Å². The molecule has 0 aliphatic carbocycles. The van der Waals surface area contributed by atoms with Crippen molar-refractivity contribution < 1.29 is 4.79 Å². The minimum Gasteiger partial charge on any atom is -0.329 e. The molecule has 0 unspecified atom stereocenters. The molecule has 1 aliphatic heterocycles. The zero-order chi connectivity index (χ0) is 17.4. The molecule has 1 aromatic carbocycles. The van der Waals surface area contributed by atoms with Gasteiger partial charge in [0.05, 0.1) is 17.8 Å². The smallest absolute Gasteiger partial charge is 0.257 e. The van der Waals surface area contributed by atoms with Crippen molar-refractivity contribution in [3.8, 4) is 11.4 Å². The first-order chi connectivity index (χ1) is 12.1. The number of carbonyl (C=O) groups excluding carboxylic acids is 1. The average Bonchev–Trinajstić information content (AvgIpc) is 3.05. The third kappa shape index (κ3) is 2.77. The van der Waals surface area contributed by atoms with Gasteiger partial charge in [-0.3, -0.25) is 4.79 Å². The van der Waals surface area contributed by atoms with Gasteiger partial charge in [0.15, 0.2) is 11.6 Å². The quantitative estimate of drug-likeness (QED) is 0.716.